The quantitative estimate of drug-likeness (QED) is 0.703. The van der Waals surface area contributed by atoms with E-state index in [1.807, 2.05) is 25.5 Å². The van der Waals surface area contributed by atoms with Gasteiger partial charge in [-0.15, -0.1) is 11.3 Å². The smallest absolute Gasteiger partial charge is 0.251 e. The molecule has 1 aliphatic rings. The van der Waals surface area contributed by atoms with E-state index >= 15 is 0 Å². The van der Waals surface area contributed by atoms with Gasteiger partial charge in [-0.1, -0.05) is 19.9 Å². The van der Waals surface area contributed by atoms with Crippen molar-refractivity contribution in [3.63, 3.8) is 0 Å². The second kappa shape index (κ2) is 9.60. The van der Waals surface area contributed by atoms with Crippen LogP contribution in [0.25, 0.3) is 0 Å². The first-order valence-corrected chi connectivity index (χ1v) is 12.6. The van der Waals surface area contributed by atoms with Gasteiger partial charge in [-0.05, 0) is 68.1 Å². The van der Waals surface area contributed by atoms with E-state index in [1.54, 1.807) is 27.8 Å². The molecule has 2 aromatic rings. The SMILES string of the molecule is C[C@@H]1C[C@@H](C)CN(S(=O)(=O)c2ccc(C(=O)NC[C@H](c3cccs3)N(C)C)cc2)C1. The Morgan fingerprint density at radius 3 is 2.33 bits per heavy atom. The zero-order valence-electron chi connectivity index (χ0n) is 18.0. The molecule has 1 aromatic heterocycles. The molecule has 1 aromatic carbocycles. The molecule has 0 spiro atoms. The highest BCUT2D eigenvalue weighted by molar-refractivity contribution is 7.89. The minimum Gasteiger partial charge on any atom is -0.350 e. The van der Waals surface area contributed by atoms with Crippen LogP contribution in [0.4, 0.5) is 0 Å². The number of hydrogen-bond donors (Lipinski definition) is 1. The van der Waals surface area contributed by atoms with Crippen molar-refractivity contribution in [3.8, 4) is 0 Å². The molecule has 1 saturated heterocycles. The second-order valence-electron chi connectivity index (χ2n) is 8.50. The Bertz CT molecular complexity index is 931. The van der Waals surface area contributed by atoms with Gasteiger partial charge in [0.2, 0.25) is 10.0 Å². The molecular formula is C22H31N3O3S2. The van der Waals surface area contributed by atoms with E-state index < -0.39 is 10.0 Å². The minimum atomic E-state index is -3.54. The molecule has 2 heterocycles. The number of sulfonamides is 1. The van der Waals surface area contributed by atoms with Crippen molar-refractivity contribution in [2.24, 2.45) is 11.8 Å². The summed E-state index contributed by atoms with van der Waals surface area (Å²) >= 11 is 1.66. The number of nitrogens with zero attached hydrogens (tertiary/aromatic N) is 2. The van der Waals surface area contributed by atoms with Gasteiger partial charge in [0.1, 0.15) is 0 Å². The van der Waals surface area contributed by atoms with Crippen LogP contribution < -0.4 is 5.32 Å². The molecular weight excluding hydrogens is 418 g/mol. The van der Waals surface area contributed by atoms with Crippen molar-refractivity contribution in [1.82, 2.24) is 14.5 Å². The fourth-order valence-electron chi connectivity index (χ4n) is 4.04. The fourth-order valence-corrected chi connectivity index (χ4v) is 6.64. The summed E-state index contributed by atoms with van der Waals surface area (Å²) in [4.78, 5) is 16.1. The van der Waals surface area contributed by atoms with Crippen molar-refractivity contribution in [2.45, 2.75) is 31.2 Å². The van der Waals surface area contributed by atoms with Crippen LogP contribution in [0.3, 0.4) is 0 Å². The summed E-state index contributed by atoms with van der Waals surface area (Å²) in [6.07, 6.45) is 1.05. The van der Waals surface area contributed by atoms with Crippen molar-refractivity contribution < 1.29 is 13.2 Å². The van der Waals surface area contributed by atoms with Gasteiger partial charge < -0.3 is 10.2 Å². The number of thiophene rings is 1. The summed E-state index contributed by atoms with van der Waals surface area (Å²) in [7, 11) is 0.429. The Kier molecular flexibility index (Phi) is 7.34. The number of amides is 1. The van der Waals surface area contributed by atoms with Crippen LogP contribution in [0.2, 0.25) is 0 Å². The van der Waals surface area contributed by atoms with Crippen molar-refractivity contribution in [1.29, 1.82) is 0 Å². The summed E-state index contributed by atoms with van der Waals surface area (Å²) in [5.41, 5.74) is 0.456. The van der Waals surface area contributed by atoms with Crippen LogP contribution in [0.15, 0.2) is 46.7 Å². The monoisotopic (exact) mass is 449 g/mol. The number of likely N-dealkylation sites (N-methyl/N-ethyl adjacent to an activating group) is 1. The van der Waals surface area contributed by atoms with E-state index in [0.29, 0.717) is 37.0 Å². The number of rotatable bonds is 7. The minimum absolute atomic E-state index is 0.0941. The van der Waals surface area contributed by atoms with Crippen LogP contribution in [0.5, 0.6) is 0 Å². The van der Waals surface area contributed by atoms with E-state index in [4.69, 9.17) is 0 Å². The molecule has 3 atom stereocenters. The fraction of sp³-hybridized carbons (Fsp3) is 0.500. The van der Waals surface area contributed by atoms with Gasteiger partial charge in [0, 0.05) is 30.1 Å². The Morgan fingerprint density at radius 1 is 1.17 bits per heavy atom. The average molecular weight is 450 g/mol. The third-order valence-electron chi connectivity index (χ3n) is 5.54. The molecule has 1 amide bonds. The van der Waals surface area contributed by atoms with Crippen molar-refractivity contribution >= 4 is 27.3 Å². The summed E-state index contributed by atoms with van der Waals surface area (Å²) in [5.74, 6) is 0.491. The maximum Gasteiger partial charge on any atom is 0.251 e. The van der Waals surface area contributed by atoms with E-state index in [0.717, 1.165) is 6.42 Å². The second-order valence-corrected chi connectivity index (χ2v) is 11.4. The van der Waals surface area contributed by atoms with Crippen LogP contribution in [0.1, 0.15) is 41.5 Å². The van der Waals surface area contributed by atoms with Crippen molar-refractivity contribution in [2.75, 3.05) is 33.7 Å². The zero-order valence-corrected chi connectivity index (χ0v) is 19.7. The third-order valence-corrected chi connectivity index (χ3v) is 8.36. The van der Waals surface area contributed by atoms with Gasteiger partial charge in [-0.2, -0.15) is 4.31 Å². The highest BCUT2D eigenvalue weighted by Gasteiger charge is 2.31. The predicted octanol–water partition coefficient (Wildman–Crippen LogP) is 3.45. The number of nitrogens with one attached hydrogen (secondary N) is 1. The lowest BCUT2D eigenvalue weighted by Gasteiger charge is -2.34. The average Bonchev–Trinajstić information content (AvgIpc) is 3.21. The van der Waals surface area contributed by atoms with E-state index in [1.165, 1.54) is 17.0 Å². The van der Waals surface area contributed by atoms with E-state index in [2.05, 4.69) is 30.1 Å². The summed E-state index contributed by atoms with van der Waals surface area (Å²) in [5, 5.41) is 4.99. The van der Waals surface area contributed by atoms with Gasteiger partial charge in [-0.3, -0.25) is 4.79 Å². The molecule has 0 aliphatic carbocycles. The maximum atomic E-state index is 13.0. The molecule has 0 bridgehead atoms. The Labute approximate surface area is 183 Å². The largest absolute Gasteiger partial charge is 0.350 e. The first kappa shape index (κ1) is 22.9. The normalized spacial score (nSPS) is 21.5. The number of benzene rings is 1. The van der Waals surface area contributed by atoms with E-state index in [-0.39, 0.29) is 16.8 Å². The number of hydrogen-bond acceptors (Lipinski definition) is 5. The van der Waals surface area contributed by atoms with Gasteiger partial charge in [-0.25, -0.2) is 8.42 Å². The van der Waals surface area contributed by atoms with Crippen LogP contribution in [0, 0.1) is 11.8 Å². The van der Waals surface area contributed by atoms with Crippen LogP contribution >= 0.6 is 11.3 Å². The molecule has 6 nitrogen and oxygen atoms in total. The van der Waals surface area contributed by atoms with E-state index in [9.17, 15) is 13.2 Å². The molecule has 1 aliphatic heterocycles. The molecule has 1 fully saturated rings. The van der Waals surface area contributed by atoms with Gasteiger partial charge >= 0.3 is 0 Å². The molecule has 30 heavy (non-hydrogen) atoms. The molecule has 164 valence electrons. The lowest BCUT2D eigenvalue weighted by atomic mass is 9.94. The summed E-state index contributed by atoms with van der Waals surface area (Å²) in [6, 6.07) is 10.4. The highest BCUT2D eigenvalue weighted by atomic mass is 32.2. The molecule has 1 N–H and O–H groups in total. The van der Waals surface area contributed by atoms with Crippen LogP contribution in [-0.2, 0) is 10.0 Å². The molecule has 0 unspecified atom stereocenters. The number of carbonyl (C=O) groups excluding carboxylic acids is 1. The van der Waals surface area contributed by atoms with Gasteiger partial charge in [0.25, 0.3) is 5.91 Å². The highest BCUT2D eigenvalue weighted by Crippen LogP contribution is 2.27. The standard InChI is InChI=1S/C22H31N3O3S2/c1-16-12-17(2)15-25(14-16)30(27,28)19-9-7-18(8-10-19)22(26)23-13-20(24(3)4)21-6-5-11-29-21/h5-11,16-17,20H,12-15H2,1-4H3,(H,23,26)/t16-,17-,20-/m1/s1. The van der Waals surface area contributed by atoms with Gasteiger partial charge in [0.05, 0.1) is 10.9 Å². The summed E-state index contributed by atoms with van der Waals surface area (Å²) in [6.45, 7) is 5.74. The topological polar surface area (TPSA) is 69.7 Å². The number of carbonyl (C=O) groups is 1. The molecule has 0 saturated carbocycles. The summed E-state index contributed by atoms with van der Waals surface area (Å²) < 4.78 is 27.6. The Balaban J connectivity index is 1.66. The predicted molar refractivity (Wildman–Crippen MR) is 121 cm³/mol. The maximum absolute atomic E-state index is 13.0. The molecule has 0 radical (unpaired) electrons. The zero-order chi connectivity index (χ0) is 21.9. The van der Waals surface area contributed by atoms with Crippen LogP contribution in [-0.4, -0.2) is 57.3 Å². The van der Waals surface area contributed by atoms with Crippen molar-refractivity contribution in [3.05, 3.63) is 52.2 Å². The molecule has 3 rings (SSSR count). The first-order valence-electron chi connectivity index (χ1n) is 10.3. The lowest BCUT2D eigenvalue weighted by Crippen LogP contribution is -2.42. The number of piperidine rings is 1. The Morgan fingerprint density at radius 2 is 1.80 bits per heavy atom. The first-order chi connectivity index (χ1) is 14.2. The molecule has 8 heteroatoms. The lowest BCUT2D eigenvalue weighted by molar-refractivity contribution is 0.0942. The van der Waals surface area contributed by atoms with Gasteiger partial charge in [0.15, 0.2) is 0 Å². The third kappa shape index (κ3) is 5.29. The Hall–Kier alpha value is -1.74.